The van der Waals surface area contributed by atoms with Crippen LogP contribution >= 0.6 is 22.9 Å². The van der Waals surface area contributed by atoms with Crippen LogP contribution in [0.1, 0.15) is 56.9 Å². The zero-order chi connectivity index (χ0) is 13.0. The largest absolute Gasteiger partial charge is 0.309 e. The van der Waals surface area contributed by atoms with Gasteiger partial charge in [-0.3, -0.25) is 0 Å². The predicted molar refractivity (Wildman–Crippen MR) is 81.5 cm³/mol. The summed E-state index contributed by atoms with van der Waals surface area (Å²) < 4.78 is 0. The average Bonchev–Trinajstić information content (AvgIpc) is 2.78. The summed E-state index contributed by atoms with van der Waals surface area (Å²) in [6.45, 7) is 5.69. The van der Waals surface area contributed by atoms with E-state index in [0.717, 1.165) is 23.4 Å². The molecule has 1 fully saturated rings. The van der Waals surface area contributed by atoms with E-state index in [1.165, 1.54) is 37.0 Å². The monoisotopic (exact) mass is 285 g/mol. The van der Waals surface area contributed by atoms with Crippen molar-refractivity contribution < 1.29 is 0 Å². The van der Waals surface area contributed by atoms with Gasteiger partial charge in [0.2, 0.25) is 0 Å². The molecular weight excluding hydrogens is 262 g/mol. The first kappa shape index (κ1) is 14.4. The molecule has 102 valence electrons. The fourth-order valence-electron chi connectivity index (χ4n) is 2.92. The molecule has 1 saturated carbocycles. The number of hydrogen-bond acceptors (Lipinski definition) is 2. The third-order valence-corrected chi connectivity index (χ3v) is 5.51. The van der Waals surface area contributed by atoms with Gasteiger partial charge in [0, 0.05) is 10.9 Å². The Bertz CT molecular complexity index is 355. The molecule has 2 rings (SSSR count). The lowest BCUT2D eigenvalue weighted by Crippen LogP contribution is -2.31. The Kier molecular flexibility index (Phi) is 5.53. The van der Waals surface area contributed by atoms with E-state index < -0.39 is 0 Å². The van der Waals surface area contributed by atoms with Crippen LogP contribution in [0.3, 0.4) is 0 Å². The van der Waals surface area contributed by atoms with E-state index >= 15 is 0 Å². The van der Waals surface area contributed by atoms with Gasteiger partial charge in [0.25, 0.3) is 0 Å². The maximum absolute atomic E-state index is 6.33. The molecular formula is C15H24ClNS. The van der Waals surface area contributed by atoms with Gasteiger partial charge >= 0.3 is 0 Å². The molecule has 0 aromatic carbocycles. The van der Waals surface area contributed by atoms with E-state index in [1.807, 2.05) is 17.4 Å². The number of hydrogen-bond donors (Lipinski definition) is 1. The van der Waals surface area contributed by atoms with Crippen LogP contribution in [0.15, 0.2) is 11.4 Å². The van der Waals surface area contributed by atoms with E-state index in [0.29, 0.717) is 6.04 Å². The summed E-state index contributed by atoms with van der Waals surface area (Å²) in [7, 11) is 0. The van der Waals surface area contributed by atoms with Crippen molar-refractivity contribution in [1.29, 1.82) is 0 Å². The minimum absolute atomic E-state index is 0.477. The van der Waals surface area contributed by atoms with Gasteiger partial charge in [-0.05, 0) is 49.1 Å². The Labute approximate surface area is 120 Å². The molecule has 0 aliphatic heterocycles. The first-order valence-electron chi connectivity index (χ1n) is 7.18. The van der Waals surface area contributed by atoms with Crippen LogP contribution in [0.5, 0.6) is 0 Å². The Morgan fingerprint density at radius 3 is 2.67 bits per heavy atom. The summed E-state index contributed by atoms with van der Waals surface area (Å²) in [5, 5.41) is 6.79. The Balaban J connectivity index is 2.07. The molecule has 1 aliphatic carbocycles. The fraction of sp³-hybridized carbons (Fsp3) is 0.733. The van der Waals surface area contributed by atoms with Crippen molar-refractivity contribution in [2.24, 2.45) is 11.8 Å². The van der Waals surface area contributed by atoms with Crippen molar-refractivity contribution in [3.63, 3.8) is 0 Å². The molecule has 1 aliphatic rings. The average molecular weight is 286 g/mol. The summed E-state index contributed by atoms with van der Waals surface area (Å²) >= 11 is 8.14. The highest BCUT2D eigenvalue weighted by molar-refractivity contribution is 7.10. The Morgan fingerprint density at radius 2 is 2.11 bits per heavy atom. The van der Waals surface area contributed by atoms with Crippen molar-refractivity contribution in [3.8, 4) is 0 Å². The third kappa shape index (κ3) is 3.49. The molecule has 1 N–H and O–H groups in total. The molecule has 1 aromatic heterocycles. The van der Waals surface area contributed by atoms with Crippen LogP contribution in [-0.2, 0) is 0 Å². The number of thiophene rings is 1. The van der Waals surface area contributed by atoms with Crippen LogP contribution in [-0.4, -0.2) is 6.54 Å². The molecule has 1 nitrogen and oxygen atoms in total. The standard InChI is InChI=1S/C15H24ClNS/c1-3-9-17-14(15-13(16)8-10-18-15)12-6-4-11(2)5-7-12/h8,10-12,14,17H,3-7,9H2,1-2H3. The molecule has 1 heterocycles. The van der Waals surface area contributed by atoms with Gasteiger partial charge in [-0.25, -0.2) is 0 Å². The molecule has 1 unspecified atom stereocenters. The number of rotatable bonds is 5. The van der Waals surface area contributed by atoms with Gasteiger partial charge in [-0.2, -0.15) is 0 Å². The van der Waals surface area contributed by atoms with Gasteiger partial charge in [-0.15, -0.1) is 11.3 Å². The number of halogens is 1. The van der Waals surface area contributed by atoms with E-state index in [1.54, 1.807) is 0 Å². The van der Waals surface area contributed by atoms with Crippen molar-refractivity contribution in [1.82, 2.24) is 5.32 Å². The number of nitrogens with one attached hydrogen (secondary N) is 1. The topological polar surface area (TPSA) is 12.0 Å². The smallest absolute Gasteiger partial charge is 0.0561 e. The summed E-state index contributed by atoms with van der Waals surface area (Å²) in [6, 6.07) is 2.51. The van der Waals surface area contributed by atoms with Crippen LogP contribution in [0, 0.1) is 11.8 Å². The highest BCUT2D eigenvalue weighted by Gasteiger charge is 2.28. The van der Waals surface area contributed by atoms with Gasteiger partial charge in [0.05, 0.1) is 5.02 Å². The van der Waals surface area contributed by atoms with Crippen molar-refractivity contribution in [2.75, 3.05) is 6.54 Å². The van der Waals surface area contributed by atoms with Crippen LogP contribution < -0.4 is 5.32 Å². The van der Waals surface area contributed by atoms with Crippen LogP contribution in [0.4, 0.5) is 0 Å². The van der Waals surface area contributed by atoms with Crippen LogP contribution in [0.2, 0.25) is 5.02 Å². The summed E-state index contributed by atoms with van der Waals surface area (Å²) in [5.41, 5.74) is 0. The molecule has 1 atom stereocenters. The molecule has 0 radical (unpaired) electrons. The van der Waals surface area contributed by atoms with Gasteiger partial charge in [0.1, 0.15) is 0 Å². The Hall–Kier alpha value is -0.0500. The van der Waals surface area contributed by atoms with Crippen molar-refractivity contribution in [3.05, 3.63) is 21.3 Å². The normalized spacial score (nSPS) is 26.2. The van der Waals surface area contributed by atoms with E-state index in [9.17, 15) is 0 Å². The zero-order valence-corrected chi connectivity index (χ0v) is 13.0. The quantitative estimate of drug-likeness (QED) is 0.777. The maximum atomic E-state index is 6.33. The first-order chi connectivity index (χ1) is 8.72. The summed E-state index contributed by atoms with van der Waals surface area (Å²) in [6.07, 6.45) is 6.62. The second kappa shape index (κ2) is 6.93. The summed E-state index contributed by atoms with van der Waals surface area (Å²) in [5.74, 6) is 1.68. The van der Waals surface area contributed by atoms with E-state index in [4.69, 9.17) is 11.6 Å². The highest BCUT2D eigenvalue weighted by Crippen LogP contribution is 2.40. The molecule has 1 aromatic rings. The minimum Gasteiger partial charge on any atom is -0.309 e. The SMILES string of the molecule is CCCNC(c1sccc1Cl)C1CCC(C)CC1. The molecule has 0 spiro atoms. The lowest BCUT2D eigenvalue weighted by molar-refractivity contribution is 0.233. The highest BCUT2D eigenvalue weighted by atomic mass is 35.5. The minimum atomic E-state index is 0.477. The fourth-order valence-corrected chi connectivity index (χ4v) is 4.26. The lowest BCUT2D eigenvalue weighted by Gasteiger charge is -2.33. The van der Waals surface area contributed by atoms with Gasteiger partial charge in [0.15, 0.2) is 0 Å². The molecule has 18 heavy (non-hydrogen) atoms. The predicted octanol–water partition coefficient (Wildman–Crippen LogP) is 5.27. The maximum Gasteiger partial charge on any atom is 0.0561 e. The van der Waals surface area contributed by atoms with Crippen molar-refractivity contribution >= 4 is 22.9 Å². The van der Waals surface area contributed by atoms with Gasteiger partial charge in [-0.1, -0.05) is 38.3 Å². The van der Waals surface area contributed by atoms with Crippen LogP contribution in [0.25, 0.3) is 0 Å². The lowest BCUT2D eigenvalue weighted by atomic mass is 9.79. The zero-order valence-electron chi connectivity index (χ0n) is 11.4. The summed E-state index contributed by atoms with van der Waals surface area (Å²) in [4.78, 5) is 1.35. The third-order valence-electron chi connectivity index (χ3n) is 4.07. The van der Waals surface area contributed by atoms with E-state index in [2.05, 4.69) is 24.5 Å². The second-order valence-corrected chi connectivity index (χ2v) is 6.94. The van der Waals surface area contributed by atoms with E-state index in [-0.39, 0.29) is 0 Å². The molecule has 0 bridgehead atoms. The van der Waals surface area contributed by atoms with Crippen molar-refractivity contribution in [2.45, 2.75) is 52.0 Å². The second-order valence-electron chi connectivity index (χ2n) is 5.58. The Morgan fingerprint density at radius 1 is 1.39 bits per heavy atom. The molecule has 3 heteroatoms. The molecule has 0 saturated heterocycles. The molecule has 0 amide bonds. The first-order valence-corrected chi connectivity index (χ1v) is 8.44. The van der Waals surface area contributed by atoms with Gasteiger partial charge < -0.3 is 5.32 Å².